The summed E-state index contributed by atoms with van der Waals surface area (Å²) < 4.78 is 1.80. The third-order valence-electron chi connectivity index (χ3n) is 4.75. The summed E-state index contributed by atoms with van der Waals surface area (Å²) in [6.45, 7) is 6.77. The molecule has 1 aromatic carbocycles. The highest BCUT2D eigenvalue weighted by molar-refractivity contribution is 5.97. The Morgan fingerprint density at radius 1 is 1.30 bits per heavy atom. The lowest BCUT2D eigenvalue weighted by Crippen LogP contribution is -2.44. The van der Waals surface area contributed by atoms with E-state index in [-0.39, 0.29) is 11.9 Å². The van der Waals surface area contributed by atoms with Crippen LogP contribution < -0.4 is 10.2 Å². The van der Waals surface area contributed by atoms with Crippen LogP contribution in [-0.2, 0) is 18.3 Å². The van der Waals surface area contributed by atoms with Crippen molar-refractivity contribution in [3.05, 3.63) is 41.2 Å². The van der Waals surface area contributed by atoms with Gasteiger partial charge in [-0.05, 0) is 45.2 Å². The van der Waals surface area contributed by atoms with Crippen molar-refractivity contribution in [2.24, 2.45) is 7.05 Å². The van der Waals surface area contributed by atoms with Crippen molar-refractivity contribution in [3.8, 4) is 0 Å². The number of anilines is 2. The first kappa shape index (κ1) is 15.6. The fourth-order valence-corrected chi connectivity index (χ4v) is 3.29. The smallest absolute Gasteiger partial charge is 0.246 e. The number of carbonyl (C=O) groups excluding carboxylic acids is 1. The van der Waals surface area contributed by atoms with Gasteiger partial charge in [0.25, 0.3) is 0 Å². The normalized spacial score (nSPS) is 15.2. The number of amides is 1. The summed E-state index contributed by atoms with van der Waals surface area (Å²) in [5.74, 6) is 0.0147. The molecule has 2 aromatic rings. The van der Waals surface area contributed by atoms with E-state index < -0.39 is 0 Å². The lowest BCUT2D eigenvalue weighted by atomic mass is 10.00. The maximum absolute atomic E-state index is 12.7. The molecule has 5 heteroatoms. The summed E-state index contributed by atoms with van der Waals surface area (Å²) in [6, 6.07) is 8.16. The highest BCUT2D eigenvalue weighted by atomic mass is 16.2. The van der Waals surface area contributed by atoms with E-state index in [2.05, 4.69) is 33.5 Å². The third kappa shape index (κ3) is 2.83. The number of carbonyl (C=O) groups is 1. The quantitative estimate of drug-likeness (QED) is 0.948. The van der Waals surface area contributed by atoms with Gasteiger partial charge in [-0.3, -0.25) is 9.48 Å². The van der Waals surface area contributed by atoms with Crippen LogP contribution in [-0.4, -0.2) is 28.3 Å². The zero-order valence-corrected chi connectivity index (χ0v) is 14.3. The Morgan fingerprint density at radius 2 is 2.04 bits per heavy atom. The van der Waals surface area contributed by atoms with Crippen LogP contribution in [0.4, 0.5) is 11.4 Å². The maximum Gasteiger partial charge on any atom is 0.246 e. The van der Waals surface area contributed by atoms with Crippen LogP contribution in [0, 0.1) is 13.8 Å². The SMILES string of the molecule is Cc1nn(C)c(C)c1NC(=O)[C@@H](C)N1CCCc2ccccc21. The van der Waals surface area contributed by atoms with Crippen molar-refractivity contribution in [3.63, 3.8) is 0 Å². The van der Waals surface area contributed by atoms with E-state index in [0.717, 1.165) is 36.5 Å². The molecule has 1 aromatic heterocycles. The number of fused-ring (bicyclic) bond motifs is 1. The lowest BCUT2D eigenvalue weighted by molar-refractivity contribution is -0.117. The highest BCUT2D eigenvalue weighted by Crippen LogP contribution is 2.29. The van der Waals surface area contributed by atoms with Gasteiger partial charge >= 0.3 is 0 Å². The number of rotatable bonds is 3. The van der Waals surface area contributed by atoms with Crippen molar-refractivity contribution in [2.45, 2.75) is 39.7 Å². The molecular weight excluding hydrogens is 288 g/mol. The van der Waals surface area contributed by atoms with Gasteiger partial charge in [-0.15, -0.1) is 0 Å². The Morgan fingerprint density at radius 3 is 2.74 bits per heavy atom. The molecule has 1 N–H and O–H groups in total. The summed E-state index contributed by atoms with van der Waals surface area (Å²) in [6.07, 6.45) is 2.17. The highest BCUT2D eigenvalue weighted by Gasteiger charge is 2.26. The van der Waals surface area contributed by atoms with Crippen LogP contribution in [0.15, 0.2) is 24.3 Å². The molecule has 1 aliphatic rings. The van der Waals surface area contributed by atoms with Gasteiger partial charge in [0.15, 0.2) is 0 Å². The minimum atomic E-state index is -0.213. The molecule has 0 radical (unpaired) electrons. The molecule has 1 aliphatic heterocycles. The molecule has 0 bridgehead atoms. The van der Waals surface area contributed by atoms with Crippen molar-refractivity contribution >= 4 is 17.3 Å². The molecule has 1 amide bonds. The fraction of sp³-hybridized carbons (Fsp3) is 0.444. The topological polar surface area (TPSA) is 50.2 Å². The number of benzene rings is 1. The van der Waals surface area contributed by atoms with Crippen LogP contribution in [0.3, 0.4) is 0 Å². The lowest BCUT2D eigenvalue weighted by Gasteiger charge is -2.35. The number of hydrogen-bond donors (Lipinski definition) is 1. The first-order chi connectivity index (χ1) is 11.0. The number of aromatic nitrogens is 2. The molecule has 0 fully saturated rings. The van der Waals surface area contributed by atoms with Crippen LogP contribution in [0.2, 0.25) is 0 Å². The zero-order chi connectivity index (χ0) is 16.6. The molecule has 0 spiro atoms. The summed E-state index contributed by atoms with van der Waals surface area (Å²) in [5, 5.41) is 7.42. The molecule has 0 aliphatic carbocycles. The Hall–Kier alpha value is -2.30. The van der Waals surface area contributed by atoms with E-state index in [0.29, 0.717) is 0 Å². The van der Waals surface area contributed by atoms with Gasteiger partial charge in [0.05, 0.1) is 17.1 Å². The summed E-state index contributed by atoms with van der Waals surface area (Å²) in [4.78, 5) is 14.9. The van der Waals surface area contributed by atoms with E-state index in [4.69, 9.17) is 0 Å². The number of para-hydroxylation sites is 1. The van der Waals surface area contributed by atoms with Crippen molar-refractivity contribution in [1.82, 2.24) is 9.78 Å². The van der Waals surface area contributed by atoms with Crippen LogP contribution in [0.5, 0.6) is 0 Å². The van der Waals surface area contributed by atoms with Gasteiger partial charge in [-0.25, -0.2) is 0 Å². The van der Waals surface area contributed by atoms with Gasteiger partial charge in [-0.2, -0.15) is 5.10 Å². The molecule has 23 heavy (non-hydrogen) atoms. The van der Waals surface area contributed by atoms with Crippen molar-refractivity contribution in [1.29, 1.82) is 0 Å². The second-order valence-corrected chi connectivity index (χ2v) is 6.26. The maximum atomic E-state index is 12.7. The largest absolute Gasteiger partial charge is 0.360 e. The molecule has 1 atom stereocenters. The van der Waals surface area contributed by atoms with E-state index in [1.807, 2.05) is 33.9 Å². The molecule has 3 rings (SSSR count). The molecular formula is C18H24N4O. The third-order valence-corrected chi connectivity index (χ3v) is 4.75. The molecule has 5 nitrogen and oxygen atoms in total. The molecule has 0 saturated carbocycles. The van der Waals surface area contributed by atoms with E-state index in [1.54, 1.807) is 4.68 Å². The average Bonchev–Trinajstić information content (AvgIpc) is 2.80. The average molecular weight is 312 g/mol. The number of hydrogen-bond acceptors (Lipinski definition) is 3. The van der Waals surface area contributed by atoms with Gasteiger partial charge in [0.1, 0.15) is 6.04 Å². The molecule has 0 saturated heterocycles. The van der Waals surface area contributed by atoms with Crippen LogP contribution in [0.1, 0.15) is 30.3 Å². The number of aryl methyl sites for hydroxylation is 3. The predicted octanol–water partition coefficient (Wildman–Crippen LogP) is 2.82. The number of nitrogens with one attached hydrogen (secondary N) is 1. The van der Waals surface area contributed by atoms with E-state index >= 15 is 0 Å². The molecule has 122 valence electrons. The van der Waals surface area contributed by atoms with Crippen molar-refractivity contribution in [2.75, 3.05) is 16.8 Å². The monoisotopic (exact) mass is 312 g/mol. The Labute approximate surface area is 137 Å². The second kappa shape index (κ2) is 6.07. The number of nitrogens with zero attached hydrogens (tertiary/aromatic N) is 3. The van der Waals surface area contributed by atoms with Crippen LogP contribution in [0.25, 0.3) is 0 Å². The minimum Gasteiger partial charge on any atom is -0.360 e. The van der Waals surface area contributed by atoms with Gasteiger partial charge in [0.2, 0.25) is 5.91 Å². The standard InChI is InChI=1S/C18H24N4O/c1-12-17(13(2)21(4)20-12)19-18(23)14(3)22-11-7-9-15-8-5-6-10-16(15)22/h5-6,8,10,14H,7,9,11H2,1-4H3,(H,19,23)/t14-/m1/s1. The Bertz CT molecular complexity index is 735. The minimum absolute atomic E-state index is 0.0147. The van der Waals surface area contributed by atoms with Crippen molar-refractivity contribution < 1.29 is 4.79 Å². The van der Waals surface area contributed by atoms with Gasteiger partial charge < -0.3 is 10.2 Å². The molecule has 0 unspecified atom stereocenters. The first-order valence-corrected chi connectivity index (χ1v) is 8.14. The Balaban J connectivity index is 1.81. The Kier molecular flexibility index (Phi) is 4.11. The molecule has 2 heterocycles. The van der Waals surface area contributed by atoms with E-state index in [9.17, 15) is 4.79 Å². The summed E-state index contributed by atoms with van der Waals surface area (Å²) in [5.41, 5.74) is 5.16. The zero-order valence-electron chi connectivity index (χ0n) is 14.3. The van der Waals surface area contributed by atoms with Gasteiger partial charge in [0, 0.05) is 19.3 Å². The summed E-state index contributed by atoms with van der Waals surface area (Å²) in [7, 11) is 1.89. The van der Waals surface area contributed by atoms with Gasteiger partial charge in [-0.1, -0.05) is 18.2 Å². The predicted molar refractivity (Wildman–Crippen MR) is 92.9 cm³/mol. The second-order valence-electron chi connectivity index (χ2n) is 6.26. The fourth-order valence-electron chi connectivity index (χ4n) is 3.29. The van der Waals surface area contributed by atoms with E-state index in [1.165, 1.54) is 11.3 Å². The van der Waals surface area contributed by atoms with Crippen LogP contribution >= 0.6 is 0 Å². The summed E-state index contributed by atoms with van der Waals surface area (Å²) >= 11 is 0. The first-order valence-electron chi connectivity index (χ1n) is 8.14.